The van der Waals surface area contributed by atoms with Crippen LogP contribution in [0.5, 0.6) is 0 Å². The van der Waals surface area contributed by atoms with Crippen LogP contribution in [0.1, 0.15) is 40.9 Å². The van der Waals surface area contributed by atoms with Crippen molar-refractivity contribution < 1.29 is 4.79 Å². The molecule has 0 aliphatic carbocycles. The maximum absolute atomic E-state index is 12.0. The highest BCUT2D eigenvalue weighted by Gasteiger charge is 2.18. The average Bonchev–Trinajstić information content (AvgIpc) is 2.70. The molecule has 138 valence electrons. The maximum atomic E-state index is 12.0. The van der Waals surface area contributed by atoms with Gasteiger partial charge >= 0.3 is 0 Å². The average molecular weight is 361 g/mol. The number of aryl methyl sites for hydroxylation is 1. The van der Waals surface area contributed by atoms with Crippen LogP contribution in [-0.4, -0.2) is 20.9 Å². The molecule has 2 heterocycles. The van der Waals surface area contributed by atoms with Crippen LogP contribution < -0.4 is 11.1 Å². The molecule has 0 unspecified atom stereocenters. The molecule has 0 saturated heterocycles. The molecule has 0 radical (unpaired) electrons. The van der Waals surface area contributed by atoms with Gasteiger partial charge in [0.05, 0.1) is 5.69 Å². The Kier molecular flexibility index (Phi) is 5.45. The van der Waals surface area contributed by atoms with Gasteiger partial charge < -0.3 is 11.1 Å². The van der Waals surface area contributed by atoms with Crippen molar-refractivity contribution in [2.45, 2.75) is 33.6 Å². The van der Waals surface area contributed by atoms with Gasteiger partial charge in [0.25, 0.3) is 0 Å². The van der Waals surface area contributed by atoms with E-state index in [0.717, 1.165) is 40.1 Å². The van der Waals surface area contributed by atoms with Crippen molar-refractivity contribution in [3.05, 3.63) is 65.1 Å². The van der Waals surface area contributed by atoms with Crippen LogP contribution >= 0.6 is 0 Å². The van der Waals surface area contributed by atoms with Crippen LogP contribution in [0.2, 0.25) is 0 Å². The Morgan fingerprint density at radius 1 is 1.19 bits per heavy atom. The van der Waals surface area contributed by atoms with Crippen molar-refractivity contribution in [2.24, 2.45) is 5.73 Å². The van der Waals surface area contributed by atoms with Crippen LogP contribution in [0.15, 0.2) is 42.9 Å². The number of hydrogen-bond acceptors (Lipinski definition) is 5. The topological polar surface area (TPSA) is 93.8 Å². The number of carbonyl (C=O) groups excluding carboxylic acids is 1. The number of benzene rings is 1. The number of aromatic nitrogens is 3. The van der Waals surface area contributed by atoms with Gasteiger partial charge in [0, 0.05) is 35.4 Å². The molecule has 6 nitrogen and oxygen atoms in total. The zero-order chi connectivity index (χ0) is 19.4. The first-order chi connectivity index (χ1) is 13.0. The molecule has 0 aliphatic rings. The fraction of sp³-hybridized carbons (Fsp3) is 0.238. The monoisotopic (exact) mass is 361 g/mol. The number of nitrogens with two attached hydrogens (primary N) is 1. The summed E-state index contributed by atoms with van der Waals surface area (Å²) in [7, 11) is 0. The Bertz CT molecular complexity index is 970. The van der Waals surface area contributed by atoms with Crippen molar-refractivity contribution in [2.75, 3.05) is 5.32 Å². The van der Waals surface area contributed by atoms with E-state index >= 15 is 0 Å². The molecule has 1 amide bonds. The lowest BCUT2D eigenvalue weighted by Gasteiger charge is -2.19. The van der Waals surface area contributed by atoms with Crippen LogP contribution in [0.25, 0.3) is 11.3 Å². The van der Waals surface area contributed by atoms with Gasteiger partial charge in [-0.2, -0.15) is 0 Å². The Morgan fingerprint density at radius 2 is 2.00 bits per heavy atom. The molecule has 0 saturated carbocycles. The predicted molar refractivity (Wildman–Crippen MR) is 107 cm³/mol. The normalized spacial score (nSPS) is 10.6. The number of anilines is 2. The maximum Gasteiger partial charge on any atom is 0.249 e. The van der Waals surface area contributed by atoms with Gasteiger partial charge in [-0.1, -0.05) is 13.8 Å². The van der Waals surface area contributed by atoms with E-state index in [1.165, 1.54) is 0 Å². The van der Waals surface area contributed by atoms with Crippen LogP contribution in [-0.2, 0) is 12.8 Å². The molecule has 3 N–H and O–H groups in total. The van der Waals surface area contributed by atoms with E-state index in [2.05, 4.69) is 27.2 Å². The summed E-state index contributed by atoms with van der Waals surface area (Å²) >= 11 is 0. The molecule has 0 aliphatic heterocycles. The zero-order valence-corrected chi connectivity index (χ0v) is 15.8. The van der Waals surface area contributed by atoms with E-state index in [1.807, 2.05) is 38.1 Å². The molecule has 3 rings (SSSR count). The van der Waals surface area contributed by atoms with E-state index in [1.54, 1.807) is 18.6 Å². The third kappa shape index (κ3) is 3.79. The minimum Gasteiger partial charge on any atom is -0.366 e. The number of hydrogen-bond donors (Lipinski definition) is 2. The molecule has 0 bridgehead atoms. The van der Waals surface area contributed by atoms with E-state index in [4.69, 9.17) is 5.73 Å². The first-order valence-corrected chi connectivity index (χ1v) is 9.00. The summed E-state index contributed by atoms with van der Waals surface area (Å²) in [6.07, 6.45) is 6.67. The summed E-state index contributed by atoms with van der Waals surface area (Å²) in [5.74, 6) is 0.0486. The molecule has 3 aromatic rings. The van der Waals surface area contributed by atoms with Gasteiger partial charge in [-0.05, 0) is 60.7 Å². The minimum atomic E-state index is -0.422. The molecular weight excluding hydrogens is 338 g/mol. The van der Waals surface area contributed by atoms with Gasteiger partial charge in [0.1, 0.15) is 0 Å². The smallest absolute Gasteiger partial charge is 0.249 e. The van der Waals surface area contributed by atoms with E-state index in [9.17, 15) is 4.79 Å². The molecule has 2 aromatic heterocycles. The van der Waals surface area contributed by atoms with Crippen LogP contribution in [0, 0.1) is 6.92 Å². The van der Waals surface area contributed by atoms with Crippen LogP contribution in [0.3, 0.4) is 0 Å². The predicted octanol–water partition coefficient (Wildman–Crippen LogP) is 3.81. The second-order valence-corrected chi connectivity index (χ2v) is 6.27. The highest BCUT2D eigenvalue weighted by atomic mass is 16.1. The fourth-order valence-electron chi connectivity index (χ4n) is 3.22. The molecular formula is C21H23N5O. The van der Waals surface area contributed by atoms with Gasteiger partial charge in [-0.3, -0.25) is 9.78 Å². The van der Waals surface area contributed by atoms with Crippen molar-refractivity contribution in [3.63, 3.8) is 0 Å². The lowest BCUT2D eigenvalue weighted by Crippen LogP contribution is -2.17. The summed E-state index contributed by atoms with van der Waals surface area (Å²) in [5, 5.41) is 3.32. The number of rotatable bonds is 6. The van der Waals surface area contributed by atoms with Gasteiger partial charge in [-0.25, -0.2) is 9.97 Å². The van der Waals surface area contributed by atoms with Gasteiger partial charge in [0.15, 0.2) is 0 Å². The first kappa shape index (κ1) is 18.5. The Labute approximate surface area is 158 Å². The van der Waals surface area contributed by atoms with Crippen molar-refractivity contribution in [3.8, 4) is 11.3 Å². The molecule has 1 aromatic carbocycles. The number of primary amides is 1. The van der Waals surface area contributed by atoms with Crippen molar-refractivity contribution >= 4 is 17.5 Å². The quantitative estimate of drug-likeness (QED) is 0.696. The van der Waals surface area contributed by atoms with E-state index in [-0.39, 0.29) is 0 Å². The third-order valence-electron chi connectivity index (χ3n) is 4.65. The lowest BCUT2D eigenvalue weighted by atomic mass is 9.93. The SMILES string of the molecule is CCc1cc(C(N)=O)c(CC)c(Nc2nccc(-c3cccnc3)n2)c1C. The molecule has 6 heteroatoms. The molecule has 27 heavy (non-hydrogen) atoms. The standard InChI is InChI=1S/C21H23N5O/c1-4-14-11-17(20(22)27)16(5-2)19(13(14)3)26-21-24-10-8-18(25-21)15-7-6-9-23-12-15/h6-12H,4-5H2,1-3H3,(H2,22,27)(H,24,25,26). The third-order valence-corrected chi connectivity index (χ3v) is 4.65. The van der Waals surface area contributed by atoms with Crippen LogP contribution in [0.4, 0.5) is 11.6 Å². The summed E-state index contributed by atoms with van der Waals surface area (Å²) in [6.45, 7) is 6.10. The number of carbonyl (C=O) groups is 1. The number of amides is 1. The van der Waals surface area contributed by atoms with E-state index in [0.29, 0.717) is 17.9 Å². The fourth-order valence-corrected chi connectivity index (χ4v) is 3.22. The van der Waals surface area contributed by atoms with Gasteiger partial charge in [0.2, 0.25) is 11.9 Å². The highest BCUT2D eigenvalue weighted by molar-refractivity contribution is 5.97. The minimum absolute atomic E-state index is 0.422. The summed E-state index contributed by atoms with van der Waals surface area (Å²) in [4.78, 5) is 25.1. The molecule has 0 spiro atoms. The van der Waals surface area contributed by atoms with Gasteiger partial charge in [-0.15, -0.1) is 0 Å². The van der Waals surface area contributed by atoms with E-state index < -0.39 is 5.91 Å². The first-order valence-electron chi connectivity index (χ1n) is 9.00. The zero-order valence-electron chi connectivity index (χ0n) is 15.8. The Morgan fingerprint density at radius 3 is 2.63 bits per heavy atom. The Balaban J connectivity index is 2.08. The number of nitrogens with zero attached hydrogens (tertiary/aromatic N) is 3. The second kappa shape index (κ2) is 7.95. The summed E-state index contributed by atoms with van der Waals surface area (Å²) in [6, 6.07) is 7.56. The number of pyridine rings is 1. The second-order valence-electron chi connectivity index (χ2n) is 6.27. The van der Waals surface area contributed by atoms with Crippen molar-refractivity contribution in [1.82, 2.24) is 15.0 Å². The molecule has 0 atom stereocenters. The van der Waals surface area contributed by atoms with Crippen molar-refractivity contribution in [1.29, 1.82) is 0 Å². The lowest BCUT2D eigenvalue weighted by molar-refractivity contribution is 0.0999. The summed E-state index contributed by atoms with van der Waals surface area (Å²) < 4.78 is 0. The molecule has 0 fully saturated rings. The highest BCUT2D eigenvalue weighted by Crippen LogP contribution is 2.31. The summed E-state index contributed by atoms with van der Waals surface area (Å²) in [5.41, 5.74) is 11.7. The number of nitrogens with one attached hydrogen (secondary N) is 1. The largest absolute Gasteiger partial charge is 0.366 e. The Hall–Kier alpha value is -3.28.